The highest BCUT2D eigenvalue weighted by molar-refractivity contribution is 5.87. The topological polar surface area (TPSA) is 69.1 Å². The van der Waals surface area contributed by atoms with Crippen LogP contribution in [0.25, 0.3) is 11.2 Å². The van der Waals surface area contributed by atoms with E-state index in [4.69, 9.17) is 5.73 Å². The van der Waals surface area contributed by atoms with Crippen molar-refractivity contribution in [3.8, 4) is 0 Å². The Labute approximate surface area is 146 Å². The zero-order valence-corrected chi connectivity index (χ0v) is 14.6. The average molecular weight is 337 g/mol. The third-order valence-electron chi connectivity index (χ3n) is 5.14. The van der Waals surface area contributed by atoms with Crippen molar-refractivity contribution in [2.75, 3.05) is 18.0 Å². The molecule has 3 aromatic rings. The molecule has 2 aromatic heterocycles. The highest BCUT2D eigenvalue weighted by atomic mass is 16.1. The molecule has 1 saturated heterocycles. The Bertz CT molecular complexity index is 987. The Morgan fingerprint density at radius 3 is 2.80 bits per heavy atom. The summed E-state index contributed by atoms with van der Waals surface area (Å²) in [5.74, 6) is 0. The number of fused-ring (bicyclic) bond motifs is 1. The second kappa shape index (κ2) is 6.04. The summed E-state index contributed by atoms with van der Waals surface area (Å²) in [6.45, 7) is 4.34. The molecule has 0 bridgehead atoms. The predicted molar refractivity (Wildman–Crippen MR) is 100 cm³/mol. The van der Waals surface area contributed by atoms with Crippen LogP contribution in [0.2, 0.25) is 0 Å². The average Bonchev–Trinajstić information content (AvgIpc) is 3.14. The van der Waals surface area contributed by atoms with Gasteiger partial charge >= 0.3 is 5.69 Å². The van der Waals surface area contributed by atoms with E-state index < -0.39 is 0 Å². The molecule has 1 atom stereocenters. The molecule has 0 saturated carbocycles. The van der Waals surface area contributed by atoms with Crippen LogP contribution in [0.4, 0.5) is 5.69 Å². The molecule has 6 nitrogen and oxygen atoms in total. The van der Waals surface area contributed by atoms with Crippen molar-refractivity contribution in [1.82, 2.24) is 14.1 Å². The van der Waals surface area contributed by atoms with Crippen molar-refractivity contribution in [3.05, 3.63) is 58.1 Å². The molecule has 25 heavy (non-hydrogen) atoms. The lowest BCUT2D eigenvalue weighted by Gasteiger charge is -2.20. The second-order valence-electron chi connectivity index (χ2n) is 6.85. The number of rotatable bonds is 3. The van der Waals surface area contributed by atoms with Gasteiger partial charge in [0.25, 0.3) is 0 Å². The number of pyridine rings is 1. The Balaban J connectivity index is 1.90. The minimum atomic E-state index is -0.0401. The van der Waals surface area contributed by atoms with Gasteiger partial charge in [-0.15, -0.1) is 0 Å². The number of anilines is 1. The molecular formula is C19H23N5O. The van der Waals surface area contributed by atoms with Gasteiger partial charge in [-0.1, -0.05) is 24.3 Å². The molecule has 0 unspecified atom stereocenters. The van der Waals surface area contributed by atoms with Crippen LogP contribution in [0.3, 0.4) is 0 Å². The number of nitrogens with two attached hydrogens (primary N) is 1. The molecule has 0 amide bonds. The van der Waals surface area contributed by atoms with E-state index in [0.717, 1.165) is 41.9 Å². The summed E-state index contributed by atoms with van der Waals surface area (Å²) in [5.41, 5.74) is 11.0. The third-order valence-corrected chi connectivity index (χ3v) is 5.14. The number of hydrogen-bond acceptors (Lipinski definition) is 4. The lowest BCUT2D eigenvalue weighted by Crippen LogP contribution is -2.27. The lowest BCUT2D eigenvalue weighted by atomic mass is 10.1. The van der Waals surface area contributed by atoms with Crippen LogP contribution in [0, 0.1) is 6.92 Å². The SMILES string of the molecule is Cc1ccccc1Cn1c(=O)n(C)c2nccc(N3CC[C@@H](N)C3)c21. The molecule has 4 rings (SSSR count). The Kier molecular flexibility index (Phi) is 3.84. The Morgan fingerprint density at radius 1 is 1.28 bits per heavy atom. The van der Waals surface area contributed by atoms with Gasteiger partial charge in [-0.05, 0) is 30.5 Å². The monoisotopic (exact) mass is 337 g/mol. The van der Waals surface area contributed by atoms with Crippen molar-refractivity contribution < 1.29 is 0 Å². The molecule has 0 aliphatic carbocycles. The van der Waals surface area contributed by atoms with Crippen LogP contribution >= 0.6 is 0 Å². The van der Waals surface area contributed by atoms with Gasteiger partial charge in [0.2, 0.25) is 0 Å². The predicted octanol–water partition coefficient (Wildman–Crippen LogP) is 1.63. The van der Waals surface area contributed by atoms with Crippen LogP contribution in [-0.2, 0) is 13.6 Å². The first kappa shape index (κ1) is 15.9. The van der Waals surface area contributed by atoms with E-state index in [-0.39, 0.29) is 11.7 Å². The standard InChI is InChI=1S/C19H23N5O/c1-13-5-3-4-6-14(13)11-24-17-16(23-10-8-15(20)12-23)7-9-21-18(17)22(2)19(24)25/h3-7,9,15H,8,10-12,20H2,1-2H3/t15-/m1/s1. The molecule has 1 fully saturated rings. The van der Waals surface area contributed by atoms with Crippen LogP contribution in [0.15, 0.2) is 41.3 Å². The normalized spacial score (nSPS) is 17.6. The van der Waals surface area contributed by atoms with E-state index in [2.05, 4.69) is 28.9 Å². The maximum atomic E-state index is 12.9. The molecule has 1 aliphatic heterocycles. The molecule has 0 radical (unpaired) electrons. The van der Waals surface area contributed by atoms with E-state index in [1.54, 1.807) is 17.8 Å². The smallest absolute Gasteiger partial charge is 0.330 e. The number of aromatic nitrogens is 3. The summed E-state index contributed by atoms with van der Waals surface area (Å²) in [6, 6.07) is 10.4. The number of imidazole rings is 1. The zero-order valence-electron chi connectivity index (χ0n) is 14.6. The van der Waals surface area contributed by atoms with Crippen molar-refractivity contribution in [1.29, 1.82) is 0 Å². The Hall–Kier alpha value is -2.60. The molecule has 2 N–H and O–H groups in total. The molecule has 1 aromatic carbocycles. The van der Waals surface area contributed by atoms with Gasteiger partial charge in [0.15, 0.2) is 5.65 Å². The lowest BCUT2D eigenvalue weighted by molar-refractivity contribution is 0.730. The minimum Gasteiger partial charge on any atom is -0.368 e. The molecule has 1 aliphatic rings. The molecular weight excluding hydrogens is 314 g/mol. The van der Waals surface area contributed by atoms with Gasteiger partial charge in [-0.25, -0.2) is 9.78 Å². The van der Waals surface area contributed by atoms with Gasteiger partial charge in [-0.3, -0.25) is 9.13 Å². The van der Waals surface area contributed by atoms with Gasteiger partial charge in [-0.2, -0.15) is 0 Å². The first-order valence-corrected chi connectivity index (χ1v) is 8.65. The summed E-state index contributed by atoms with van der Waals surface area (Å²) in [5, 5.41) is 0. The number of nitrogens with zero attached hydrogens (tertiary/aromatic N) is 4. The van der Waals surface area contributed by atoms with Gasteiger partial charge in [0.1, 0.15) is 5.52 Å². The van der Waals surface area contributed by atoms with E-state index in [9.17, 15) is 4.79 Å². The van der Waals surface area contributed by atoms with Crippen LogP contribution < -0.4 is 16.3 Å². The fraction of sp³-hybridized carbons (Fsp3) is 0.368. The summed E-state index contributed by atoms with van der Waals surface area (Å²) >= 11 is 0. The van der Waals surface area contributed by atoms with Gasteiger partial charge < -0.3 is 10.6 Å². The number of aryl methyl sites for hydroxylation is 2. The van der Waals surface area contributed by atoms with E-state index >= 15 is 0 Å². The first-order chi connectivity index (χ1) is 12.1. The van der Waals surface area contributed by atoms with E-state index in [1.807, 2.05) is 22.8 Å². The molecule has 3 heterocycles. The highest BCUT2D eigenvalue weighted by Crippen LogP contribution is 2.28. The van der Waals surface area contributed by atoms with Crippen LogP contribution in [-0.4, -0.2) is 33.2 Å². The van der Waals surface area contributed by atoms with Crippen LogP contribution in [0.1, 0.15) is 17.5 Å². The van der Waals surface area contributed by atoms with E-state index in [0.29, 0.717) is 6.54 Å². The second-order valence-corrected chi connectivity index (χ2v) is 6.85. The molecule has 0 spiro atoms. The largest absolute Gasteiger partial charge is 0.368 e. The fourth-order valence-corrected chi connectivity index (χ4v) is 3.67. The summed E-state index contributed by atoms with van der Waals surface area (Å²) < 4.78 is 3.47. The summed E-state index contributed by atoms with van der Waals surface area (Å²) in [4.78, 5) is 19.6. The van der Waals surface area contributed by atoms with Gasteiger partial charge in [0, 0.05) is 32.4 Å². The fourth-order valence-electron chi connectivity index (χ4n) is 3.67. The summed E-state index contributed by atoms with van der Waals surface area (Å²) in [6.07, 6.45) is 2.75. The molecule has 6 heteroatoms. The quantitative estimate of drug-likeness (QED) is 0.789. The van der Waals surface area contributed by atoms with Crippen LogP contribution in [0.5, 0.6) is 0 Å². The number of hydrogen-bond donors (Lipinski definition) is 1. The zero-order chi connectivity index (χ0) is 17.6. The van der Waals surface area contributed by atoms with Crippen molar-refractivity contribution >= 4 is 16.9 Å². The Morgan fingerprint density at radius 2 is 2.08 bits per heavy atom. The third kappa shape index (κ3) is 2.62. The van der Waals surface area contributed by atoms with Crippen molar-refractivity contribution in [2.24, 2.45) is 12.8 Å². The highest BCUT2D eigenvalue weighted by Gasteiger charge is 2.24. The maximum absolute atomic E-state index is 12.9. The molecule has 130 valence electrons. The first-order valence-electron chi connectivity index (χ1n) is 8.65. The summed E-state index contributed by atoms with van der Waals surface area (Å²) in [7, 11) is 1.78. The maximum Gasteiger partial charge on any atom is 0.330 e. The van der Waals surface area contributed by atoms with Gasteiger partial charge in [0.05, 0.1) is 12.2 Å². The van der Waals surface area contributed by atoms with E-state index in [1.165, 1.54) is 5.56 Å². The minimum absolute atomic E-state index is 0.0401. The van der Waals surface area contributed by atoms with Crippen molar-refractivity contribution in [2.45, 2.75) is 25.9 Å². The van der Waals surface area contributed by atoms with Crippen molar-refractivity contribution in [3.63, 3.8) is 0 Å². The number of benzene rings is 1.